The van der Waals surface area contributed by atoms with E-state index in [0.29, 0.717) is 12.1 Å². The lowest BCUT2D eigenvalue weighted by Gasteiger charge is -2.56. The zero-order valence-corrected chi connectivity index (χ0v) is 11.7. The smallest absolute Gasteiger partial charge is 0.0607 e. The SMILES string of the molecule is COC1CC(CN)(N(C)C(C)C(C)(C)C)C1. The predicted octanol–water partition coefficient (Wildman–Crippen LogP) is 1.86. The van der Waals surface area contributed by atoms with Gasteiger partial charge in [0.05, 0.1) is 6.10 Å². The molecule has 0 spiro atoms. The third-order valence-corrected chi connectivity index (χ3v) is 4.51. The van der Waals surface area contributed by atoms with E-state index >= 15 is 0 Å². The van der Waals surface area contributed by atoms with Crippen LogP contribution in [0.3, 0.4) is 0 Å². The maximum Gasteiger partial charge on any atom is 0.0607 e. The second kappa shape index (κ2) is 4.63. The third kappa shape index (κ3) is 2.41. The van der Waals surface area contributed by atoms with E-state index in [2.05, 4.69) is 39.6 Å². The summed E-state index contributed by atoms with van der Waals surface area (Å²) < 4.78 is 5.38. The van der Waals surface area contributed by atoms with Gasteiger partial charge in [0.15, 0.2) is 0 Å². The van der Waals surface area contributed by atoms with Crippen molar-refractivity contribution >= 4 is 0 Å². The summed E-state index contributed by atoms with van der Waals surface area (Å²) in [6.45, 7) is 9.86. The number of hydrogen-bond donors (Lipinski definition) is 1. The molecule has 0 aromatic rings. The van der Waals surface area contributed by atoms with Crippen molar-refractivity contribution in [3.63, 3.8) is 0 Å². The molecule has 2 N–H and O–H groups in total. The molecule has 0 heterocycles. The average Bonchev–Trinajstić information content (AvgIpc) is 2.14. The van der Waals surface area contributed by atoms with Gasteiger partial charge >= 0.3 is 0 Å². The lowest BCUT2D eigenvalue weighted by molar-refractivity contribution is -0.103. The van der Waals surface area contributed by atoms with E-state index in [4.69, 9.17) is 10.5 Å². The maximum absolute atomic E-state index is 5.97. The second-order valence-electron chi connectivity index (χ2n) is 6.35. The Morgan fingerprint density at radius 2 is 1.94 bits per heavy atom. The molecular formula is C13H28N2O. The van der Waals surface area contributed by atoms with Crippen LogP contribution in [0.2, 0.25) is 0 Å². The number of likely N-dealkylation sites (N-methyl/N-ethyl adjacent to an activating group) is 1. The Morgan fingerprint density at radius 3 is 2.25 bits per heavy atom. The van der Waals surface area contributed by atoms with Crippen molar-refractivity contribution in [3.05, 3.63) is 0 Å². The summed E-state index contributed by atoms with van der Waals surface area (Å²) in [6, 6.07) is 0.522. The van der Waals surface area contributed by atoms with E-state index in [-0.39, 0.29) is 11.0 Å². The van der Waals surface area contributed by atoms with Crippen LogP contribution in [-0.4, -0.2) is 43.3 Å². The molecule has 0 aliphatic heterocycles. The summed E-state index contributed by atoms with van der Waals surface area (Å²) in [7, 11) is 3.99. The van der Waals surface area contributed by atoms with Crippen molar-refractivity contribution in [1.29, 1.82) is 0 Å². The highest BCUT2D eigenvalue weighted by Gasteiger charge is 2.49. The van der Waals surface area contributed by atoms with Gasteiger partial charge in [-0.3, -0.25) is 4.90 Å². The summed E-state index contributed by atoms with van der Waals surface area (Å²) in [4.78, 5) is 2.46. The molecule has 1 unspecified atom stereocenters. The Balaban J connectivity index is 2.68. The Labute approximate surface area is 100 Å². The van der Waals surface area contributed by atoms with Crippen molar-refractivity contribution in [2.45, 2.75) is 58.2 Å². The van der Waals surface area contributed by atoms with Crippen LogP contribution in [0.1, 0.15) is 40.5 Å². The summed E-state index contributed by atoms with van der Waals surface area (Å²) in [5.41, 5.74) is 6.42. The van der Waals surface area contributed by atoms with Crippen LogP contribution in [0.4, 0.5) is 0 Å². The number of rotatable bonds is 4. The van der Waals surface area contributed by atoms with E-state index in [1.54, 1.807) is 7.11 Å². The molecule has 3 nitrogen and oxygen atoms in total. The van der Waals surface area contributed by atoms with Crippen LogP contribution >= 0.6 is 0 Å². The molecular weight excluding hydrogens is 200 g/mol. The molecule has 0 aromatic heterocycles. The summed E-state index contributed by atoms with van der Waals surface area (Å²) in [6.07, 6.45) is 2.53. The molecule has 96 valence electrons. The molecule has 0 amide bonds. The maximum atomic E-state index is 5.97. The first-order valence-electron chi connectivity index (χ1n) is 6.22. The van der Waals surface area contributed by atoms with E-state index in [1.165, 1.54) is 0 Å². The topological polar surface area (TPSA) is 38.5 Å². The van der Waals surface area contributed by atoms with Gasteiger partial charge in [-0.1, -0.05) is 20.8 Å². The molecule has 0 saturated heterocycles. The molecule has 3 heteroatoms. The minimum Gasteiger partial charge on any atom is -0.381 e. The van der Waals surface area contributed by atoms with Crippen molar-refractivity contribution in [3.8, 4) is 0 Å². The van der Waals surface area contributed by atoms with Crippen LogP contribution in [0, 0.1) is 5.41 Å². The van der Waals surface area contributed by atoms with Gasteiger partial charge in [-0.25, -0.2) is 0 Å². The predicted molar refractivity (Wildman–Crippen MR) is 68.5 cm³/mol. The first kappa shape index (κ1) is 13.9. The monoisotopic (exact) mass is 228 g/mol. The number of ether oxygens (including phenoxy) is 1. The largest absolute Gasteiger partial charge is 0.381 e. The lowest BCUT2D eigenvalue weighted by atomic mass is 9.71. The van der Waals surface area contributed by atoms with Gasteiger partial charge in [-0.15, -0.1) is 0 Å². The second-order valence-corrected chi connectivity index (χ2v) is 6.35. The molecule has 1 saturated carbocycles. The zero-order chi connectivity index (χ0) is 12.6. The van der Waals surface area contributed by atoms with Crippen molar-refractivity contribution < 1.29 is 4.74 Å². The highest BCUT2D eigenvalue weighted by atomic mass is 16.5. The van der Waals surface area contributed by atoms with Gasteiger partial charge in [-0.05, 0) is 32.2 Å². The van der Waals surface area contributed by atoms with E-state index < -0.39 is 0 Å². The normalized spacial score (nSPS) is 32.6. The third-order valence-electron chi connectivity index (χ3n) is 4.51. The Kier molecular flexibility index (Phi) is 4.04. The molecule has 0 aromatic carbocycles. The van der Waals surface area contributed by atoms with Gasteiger partial charge in [0, 0.05) is 25.2 Å². The van der Waals surface area contributed by atoms with Gasteiger partial charge in [-0.2, -0.15) is 0 Å². The lowest BCUT2D eigenvalue weighted by Crippen LogP contribution is -2.66. The molecule has 16 heavy (non-hydrogen) atoms. The van der Waals surface area contributed by atoms with Gasteiger partial charge in [0.25, 0.3) is 0 Å². The number of nitrogens with two attached hydrogens (primary N) is 1. The van der Waals surface area contributed by atoms with Crippen LogP contribution < -0.4 is 5.73 Å². The Morgan fingerprint density at radius 1 is 1.44 bits per heavy atom. The first-order valence-corrected chi connectivity index (χ1v) is 6.22. The minimum atomic E-state index is 0.160. The molecule has 0 bridgehead atoms. The summed E-state index contributed by atoms with van der Waals surface area (Å²) in [5, 5.41) is 0. The molecule has 1 atom stereocenters. The van der Waals surface area contributed by atoms with Gasteiger partial charge in [0.1, 0.15) is 0 Å². The fraction of sp³-hybridized carbons (Fsp3) is 1.00. The molecule has 1 rings (SSSR count). The highest BCUT2D eigenvalue weighted by Crippen LogP contribution is 2.41. The van der Waals surface area contributed by atoms with Crippen molar-refractivity contribution in [2.24, 2.45) is 11.1 Å². The highest BCUT2D eigenvalue weighted by molar-refractivity contribution is 5.05. The zero-order valence-electron chi connectivity index (χ0n) is 11.7. The number of nitrogens with zero attached hydrogens (tertiary/aromatic N) is 1. The fourth-order valence-electron chi connectivity index (χ4n) is 2.54. The van der Waals surface area contributed by atoms with E-state index in [0.717, 1.165) is 19.4 Å². The molecule has 1 aliphatic carbocycles. The van der Waals surface area contributed by atoms with Crippen LogP contribution in [-0.2, 0) is 4.74 Å². The number of methoxy groups -OCH3 is 1. The van der Waals surface area contributed by atoms with Crippen LogP contribution in [0.15, 0.2) is 0 Å². The van der Waals surface area contributed by atoms with Crippen molar-refractivity contribution in [2.75, 3.05) is 20.7 Å². The van der Waals surface area contributed by atoms with Gasteiger partial charge < -0.3 is 10.5 Å². The Hall–Kier alpha value is -0.120. The molecule has 1 aliphatic rings. The van der Waals surface area contributed by atoms with E-state index in [9.17, 15) is 0 Å². The standard InChI is InChI=1S/C13H28N2O/c1-10(12(2,3)4)15(5)13(9-14)7-11(8-13)16-6/h10-11H,7-9,14H2,1-6H3. The fourth-order valence-corrected chi connectivity index (χ4v) is 2.54. The quantitative estimate of drug-likeness (QED) is 0.798. The average molecular weight is 228 g/mol. The molecule has 1 fully saturated rings. The number of hydrogen-bond acceptors (Lipinski definition) is 3. The van der Waals surface area contributed by atoms with Crippen LogP contribution in [0.25, 0.3) is 0 Å². The van der Waals surface area contributed by atoms with E-state index in [1.807, 2.05) is 0 Å². The Bertz CT molecular complexity index is 229. The molecule has 0 radical (unpaired) electrons. The van der Waals surface area contributed by atoms with Gasteiger partial charge in [0.2, 0.25) is 0 Å². The van der Waals surface area contributed by atoms with Crippen molar-refractivity contribution in [1.82, 2.24) is 4.90 Å². The summed E-state index contributed by atoms with van der Waals surface area (Å²) >= 11 is 0. The minimum absolute atomic E-state index is 0.160. The van der Waals surface area contributed by atoms with Crippen LogP contribution in [0.5, 0.6) is 0 Å². The summed E-state index contributed by atoms with van der Waals surface area (Å²) in [5.74, 6) is 0. The first-order chi connectivity index (χ1) is 7.27.